The van der Waals surface area contributed by atoms with E-state index in [9.17, 15) is 9.59 Å². The highest BCUT2D eigenvalue weighted by Gasteiger charge is 2.39. The van der Waals surface area contributed by atoms with Crippen molar-refractivity contribution < 1.29 is 14.3 Å². The SMILES string of the molecule is CC(=O)N1CCOC(C)(C(=O)NCc2ccnn2C)C1. The first-order valence-corrected chi connectivity index (χ1v) is 6.57. The zero-order valence-electron chi connectivity index (χ0n) is 12.0. The number of nitrogens with one attached hydrogen (secondary N) is 1. The van der Waals surface area contributed by atoms with Crippen LogP contribution >= 0.6 is 0 Å². The molecular formula is C13H20N4O3. The van der Waals surface area contributed by atoms with Crippen molar-refractivity contribution in [3.05, 3.63) is 18.0 Å². The lowest BCUT2D eigenvalue weighted by Gasteiger charge is -2.38. The molecule has 1 saturated heterocycles. The third-order valence-corrected chi connectivity index (χ3v) is 3.55. The number of nitrogens with zero attached hydrogens (tertiary/aromatic N) is 3. The summed E-state index contributed by atoms with van der Waals surface area (Å²) in [6.45, 7) is 4.77. The highest BCUT2D eigenvalue weighted by atomic mass is 16.5. The third-order valence-electron chi connectivity index (χ3n) is 3.55. The van der Waals surface area contributed by atoms with Gasteiger partial charge in [0.05, 0.1) is 25.4 Å². The summed E-state index contributed by atoms with van der Waals surface area (Å²) >= 11 is 0. The molecule has 20 heavy (non-hydrogen) atoms. The highest BCUT2D eigenvalue weighted by molar-refractivity contribution is 5.86. The van der Waals surface area contributed by atoms with Gasteiger partial charge in [-0.15, -0.1) is 0 Å². The van der Waals surface area contributed by atoms with E-state index in [1.54, 1.807) is 22.7 Å². The molecule has 0 bridgehead atoms. The lowest BCUT2D eigenvalue weighted by Crippen LogP contribution is -2.58. The van der Waals surface area contributed by atoms with Gasteiger partial charge in [-0.05, 0) is 13.0 Å². The summed E-state index contributed by atoms with van der Waals surface area (Å²) in [4.78, 5) is 25.3. The Labute approximate surface area is 117 Å². The van der Waals surface area contributed by atoms with Gasteiger partial charge in [-0.2, -0.15) is 5.10 Å². The first-order valence-electron chi connectivity index (χ1n) is 6.57. The Morgan fingerprint density at radius 3 is 2.90 bits per heavy atom. The summed E-state index contributed by atoms with van der Waals surface area (Å²) in [7, 11) is 1.82. The fourth-order valence-electron chi connectivity index (χ4n) is 2.21. The van der Waals surface area contributed by atoms with Crippen molar-refractivity contribution in [2.75, 3.05) is 19.7 Å². The van der Waals surface area contributed by atoms with Crippen molar-refractivity contribution in [2.24, 2.45) is 7.05 Å². The van der Waals surface area contributed by atoms with Crippen molar-refractivity contribution in [1.82, 2.24) is 20.0 Å². The van der Waals surface area contributed by atoms with Crippen LogP contribution in [0.2, 0.25) is 0 Å². The Kier molecular flexibility index (Phi) is 4.08. The first-order chi connectivity index (χ1) is 9.42. The summed E-state index contributed by atoms with van der Waals surface area (Å²) in [6, 6.07) is 1.84. The number of rotatable bonds is 3. The van der Waals surface area contributed by atoms with E-state index in [1.165, 1.54) is 6.92 Å². The molecule has 1 aliphatic heterocycles. The average Bonchev–Trinajstić information content (AvgIpc) is 2.81. The van der Waals surface area contributed by atoms with E-state index in [0.29, 0.717) is 19.7 Å². The van der Waals surface area contributed by atoms with E-state index in [1.807, 2.05) is 13.1 Å². The molecular weight excluding hydrogens is 260 g/mol. The molecule has 2 rings (SSSR count). The lowest BCUT2D eigenvalue weighted by molar-refractivity contribution is -0.162. The van der Waals surface area contributed by atoms with Gasteiger partial charge in [-0.3, -0.25) is 14.3 Å². The standard InChI is InChI=1S/C13H20N4O3/c1-10(18)17-6-7-20-13(2,9-17)12(19)14-8-11-4-5-15-16(11)3/h4-5H,6-9H2,1-3H3,(H,14,19). The summed E-state index contributed by atoms with van der Waals surface area (Å²) in [5.74, 6) is -0.261. The predicted octanol–water partition coefficient (Wildman–Crippen LogP) is -0.326. The number of aryl methyl sites for hydroxylation is 1. The molecule has 0 aliphatic carbocycles. The van der Waals surface area contributed by atoms with Crippen LogP contribution in [-0.4, -0.2) is 51.8 Å². The number of hydrogen-bond acceptors (Lipinski definition) is 4. The number of aromatic nitrogens is 2. The Hall–Kier alpha value is -1.89. The van der Waals surface area contributed by atoms with Crippen molar-refractivity contribution >= 4 is 11.8 Å². The minimum Gasteiger partial charge on any atom is -0.362 e. The Balaban J connectivity index is 1.97. The van der Waals surface area contributed by atoms with Gasteiger partial charge in [0, 0.05) is 26.7 Å². The van der Waals surface area contributed by atoms with Gasteiger partial charge in [-0.1, -0.05) is 0 Å². The lowest BCUT2D eigenvalue weighted by atomic mass is 10.0. The van der Waals surface area contributed by atoms with E-state index in [0.717, 1.165) is 5.69 Å². The van der Waals surface area contributed by atoms with Gasteiger partial charge in [-0.25, -0.2) is 0 Å². The zero-order valence-corrected chi connectivity index (χ0v) is 12.0. The maximum absolute atomic E-state index is 12.3. The van der Waals surface area contributed by atoms with Gasteiger partial charge in [0.1, 0.15) is 0 Å². The van der Waals surface area contributed by atoms with E-state index < -0.39 is 5.60 Å². The monoisotopic (exact) mass is 280 g/mol. The van der Waals surface area contributed by atoms with E-state index >= 15 is 0 Å². The van der Waals surface area contributed by atoms with Crippen molar-refractivity contribution in [3.8, 4) is 0 Å². The summed E-state index contributed by atoms with van der Waals surface area (Å²) in [5, 5.41) is 6.87. The number of ether oxygens (including phenoxy) is 1. The van der Waals surface area contributed by atoms with Crippen LogP contribution in [0.4, 0.5) is 0 Å². The summed E-state index contributed by atoms with van der Waals surface area (Å²) in [6.07, 6.45) is 1.68. The van der Waals surface area contributed by atoms with E-state index in [-0.39, 0.29) is 18.4 Å². The van der Waals surface area contributed by atoms with Crippen LogP contribution in [0.25, 0.3) is 0 Å². The molecule has 2 heterocycles. The van der Waals surface area contributed by atoms with Crippen LogP contribution < -0.4 is 5.32 Å². The number of amides is 2. The molecule has 1 aliphatic rings. The van der Waals surface area contributed by atoms with Crippen LogP contribution in [0.5, 0.6) is 0 Å². The minimum atomic E-state index is -0.998. The molecule has 0 spiro atoms. The second-order valence-corrected chi connectivity index (χ2v) is 5.15. The molecule has 1 fully saturated rings. The second-order valence-electron chi connectivity index (χ2n) is 5.15. The number of carbonyl (C=O) groups is 2. The van der Waals surface area contributed by atoms with Crippen LogP contribution in [0.1, 0.15) is 19.5 Å². The summed E-state index contributed by atoms with van der Waals surface area (Å²) in [5.41, 5.74) is -0.0936. The Morgan fingerprint density at radius 1 is 1.55 bits per heavy atom. The van der Waals surface area contributed by atoms with E-state index in [2.05, 4.69) is 10.4 Å². The molecule has 0 radical (unpaired) electrons. The molecule has 1 unspecified atom stereocenters. The van der Waals surface area contributed by atoms with Crippen LogP contribution in [0.3, 0.4) is 0 Å². The minimum absolute atomic E-state index is 0.0426. The molecule has 0 saturated carbocycles. The number of morpholine rings is 1. The average molecular weight is 280 g/mol. The zero-order chi connectivity index (χ0) is 14.8. The summed E-state index contributed by atoms with van der Waals surface area (Å²) < 4.78 is 7.28. The smallest absolute Gasteiger partial charge is 0.254 e. The molecule has 1 aromatic heterocycles. The molecule has 110 valence electrons. The van der Waals surface area contributed by atoms with Crippen LogP contribution in [0, 0.1) is 0 Å². The predicted molar refractivity (Wildman–Crippen MR) is 71.7 cm³/mol. The van der Waals surface area contributed by atoms with Crippen LogP contribution in [0.15, 0.2) is 12.3 Å². The van der Waals surface area contributed by atoms with Gasteiger partial charge in [0.15, 0.2) is 5.60 Å². The quantitative estimate of drug-likeness (QED) is 0.823. The van der Waals surface area contributed by atoms with Gasteiger partial charge < -0.3 is 15.0 Å². The fourth-order valence-corrected chi connectivity index (χ4v) is 2.21. The Bertz CT molecular complexity index is 513. The van der Waals surface area contributed by atoms with Crippen molar-refractivity contribution in [2.45, 2.75) is 26.0 Å². The largest absolute Gasteiger partial charge is 0.362 e. The maximum Gasteiger partial charge on any atom is 0.254 e. The topological polar surface area (TPSA) is 76.5 Å². The molecule has 1 N–H and O–H groups in total. The second kappa shape index (κ2) is 5.62. The number of hydrogen-bond donors (Lipinski definition) is 1. The van der Waals surface area contributed by atoms with Crippen molar-refractivity contribution in [1.29, 1.82) is 0 Å². The molecule has 7 nitrogen and oxygen atoms in total. The Morgan fingerprint density at radius 2 is 2.30 bits per heavy atom. The molecule has 0 aromatic carbocycles. The molecule has 2 amide bonds. The first kappa shape index (κ1) is 14.5. The van der Waals surface area contributed by atoms with Gasteiger partial charge >= 0.3 is 0 Å². The molecule has 1 aromatic rings. The van der Waals surface area contributed by atoms with Gasteiger partial charge in [0.25, 0.3) is 5.91 Å². The highest BCUT2D eigenvalue weighted by Crippen LogP contribution is 2.18. The van der Waals surface area contributed by atoms with Gasteiger partial charge in [0.2, 0.25) is 5.91 Å². The molecule has 7 heteroatoms. The molecule has 1 atom stereocenters. The third kappa shape index (κ3) is 2.98. The number of carbonyl (C=O) groups excluding carboxylic acids is 2. The van der Waals surface area contributed by atoms with Crippen LogP contribution in [-0.2, 0) is 27.9 Å². The normalized spacial score (nSPS) is 22.6. The van der Waals surface area contributed by atoms with E-state index in [4.69, 9.17) is 4.74 Å². The van der Waals surface area contributed by atoms with Crippen molar-refractivity contribution in [3.63, 3.8) is 0 Å². The maximum atomic E-state index is 12.3. The fraction of sp³-hybridized carbons (Fsp3) is 0.615.